The minimum atomic E-state index is -1.39. The summed E-state index contributed by atoms with van der Waals surface area (Å²) in [5, 5.41) is 11.6. The molecule has 3 atom stereocenters. The van der Waals surface area contributed by atoms with Crippen LogP contribution in [0.2, 0.25) is 0 Å². The Labute approximate surface area is 127 Å². The van der Waals surface area contributed by atoms with Crippen LogP contribution in [0.5, 0.6) is 0 Å². The number of Topliss-reactive ketones (excluding diaryl/α,β-unsaturated/α-hetero) is 1. The second kappa shape index (κ2) is 6.22. The molecular weight excluding hydrogens is 290 g/mol. The van der Waals surface area contributed by atoms with E-state index in [1.807, 2.05) is 0 Å². The third-order valence-electron chi connectivity index (χ3n) is 3.62. The van der Waals surface area contributed by atoms with Gasteiger partial charge < -0.3 is 5.32 Å². The van der Waals surface area contributed by atoms with Gasteiger partial charge >= 0.3 is 0 Å². The SMILES string of the molecule is CC(C)NC(=O)C(C#N)C(=O)C1CC1c1ccc(F)cc1F. The van der Waals surface area contributed by atoms with Gasteiger partial charge in [0.05, 0.1) is 6.07 Å². The molecule has 0 radical (unpaired) electrons. The van der Waals surface area contributed by atoms with Crippen molar-refractivity contribution in [1.82, 2.24) is 5.32 Å². The van der Waals surface area contributed by atoms with Crippen molar-refractivity contribution in [1.29, 1.82) is 5.26 Å². The number of nitrogens with one attached hydrogen (secondary N) is 1. The monoisotopic (exact) mass is 306 g/mol. The van der Waals surface area contributed by atoms with E-state index < -0.39 is 41.1 Å². The van der Waals surface area contributed by atoms with Crippen LogP contribution in [-0.4, -0.2) is 17.7 Å². The standard InChI is InChI=1S/C16H16F2N2O2/c1-8(2)20-16(22)13(7-19)15(21)12-6-11(12)10-4-3-9(17)5-14(10)18/h3-5,8,11-13H,6H2,1-2H3,(H,20,22). The highest BCUT2D eigenvalue weighted by Gasteiger charge is 2.48. The largest absolute Gasteiger partial charge is 0.352 e. The molecule has 4 nitrogen and oxygen atoms in total. The van der Waals surface area contributed by atoms with Gasteiger partial charge in [-0.15, -0.1) is 0 Å². The molecule has 0 spiro atoms. The molecule has 0 aromatic heterocycles. The number of carbonyl (C=O) groups is 2. The maximum Gasteiger partial charge on any atom is 0.245 e. The summed E-state index contributed by atoms with van der Waals surface area (Å²) in [5.74, 6) is -4.88. The Morgan fingerprint density at radius 3 is 2.59 bits per heavy atom. The first-order valence-corrected chi connectivity index (χ1v) is 7.03. The highest BCUT2D eigenvalue weighted by Crippen LogP contribution is 2.49. The first-order valence-electron chi connectivity index (χ1n) is 7.03. The van der Waals surface area contributed by atoms with Gasteiger partial charge in [-0.25, -0.2) is 8.78 Å². The molecule has 22 heavy (non-hydrogen) atoms. The summed E-state index contributed by atoms with van der Waals surface area (Å²) in [5.41, 5.74) is 0.251. The summed E-state index contributed by atoms with van der Waals surface area (Å²) < 4.78 is 26.6. The van der Waals surface area contributed by atoms with Crippen LogP contribution in [-0.2, 0) is 9.59 Å². The molecule has 1 fully saturated rings. The molecule has 3 unspecified atom stereocenters. The zero-order chi connectivity index (χ0) is 16.4. The average molecular weight is 306 g/mol. The molecule has 1 aromatic carbocycles. The number of halogens is 2. The van der Waals surface area contributed by atoms with Crippen molar-refractivity contribution >= 4 is 11.7 Å². The second-order valence-electron chi connectivity index (χ2n) is 5.74. The van der Waals surface area contributed by atoms with E-state index in [0.717, 1.165) is 12.1 Å². The first kappa shape index (κ1) is 16.1. The summed E-state index contributed by atoms with van der Waals surface area (Å²) in [6, 6.07) is 4.73. The number of carbonyl (C=O) groups excluding carboxylic acids is 2. The van der Waals surface area contributed by atoms with Gasteiger partial charge in [-0.1, -0.05) is 6.07 Å². The number of benzene rings is 1. The predicted molar refractivity (Wildman–Crippen MR) is 74.6 cm³/mol. The fourth-order valence-corrected chi connectivity index (χ4v) is 2.49. The third kappa shape index (κ3) is 3.30. The lowest BCUT2D eigenvalue weighted by molar-refractivity contribution is -0.132. The highest BCUT2D eigenvalue weighted by molar-refractivity contribution is 6.06. The van der Waals surface area contributed by atoms with E-state index in [9.17, 15) is 18.4 Å². The average Bonchev–Trinajstić information content (AvgIpc) is 3.18. The van der Waals surface area contributed by atoms with Crippen molar-refractivity contribution < 1.29 is 18.4 Å². The van der Waals surface area contributed by atoms with Gasteiger partial charge in [-0.3, -0.25) is 9.59 Å². The molecule has 1 aliphatic rings. The van der Waals surface area contributed by atoms with Crippen molar-refractivity contribution in [2.45, 2.75) is 32.2 Å². The molecule has 6 heteroatoms. The molecular formula is C16H16F2N2O2. The Kier molecular flexibility index (Phi) is 4.55. The van der Waals surface area contributed by atoms with E-state index in [1.165, 1.54) is 6.07 Å². The molecule has 0 heterocycles. The maximum absolute atomic E-state index is 13.7. The summed E-state index contributed by atoms with van der Waals surface area (Å²) in [7, 11) is 0. The molecule has 116 valence electrons. The Morgan fingerprint density at radius 1 is 1.36 bits per heavy atom. The molecule has 0 bridgehead atoms. The van der Waals surface area contributed by atoms with Crippen LogP contribution in [0.15, 0.2) is 18.2 Å². The summed E-state index contributed by atoms with van der Waals surface area (Å²) in [4.78, 5) is 24.1. The van der Waals surface area contributed by atoms with Gasteiger partial charge in [-0.2, -0.15) is 5.26 Å². The smallest absolute Gasteiger partial charge is 0.245 e. The maximum atomic E-state index is 13.7. The molecule has 1 aromatic rings. The lowest BCUT2D eigenvalue weighted by atomic mass is 9.97. The Balaban J connectivity index is 2.09. The second-order valence-corrected chi connectivity index (χ2v) is 5.74. The molecule has 1 N–H and O–H groups in total. The number of hydrogen-bond acceptors (Lipinski definition) is 3. The van der Waals surface area contributed by atoms with E-state index in [4.69, 9.17) is 5.26 Å². The van der Waals surface area contributed by atoms with Gasteiger partial charge in [0, 0.05) is 18.0 Å². The number of nitriles is 1. The third-order valence-corrected chi connectivity index (χ3v) is 3.62. The minimum Gasteiger partial charge on any atom is -0.352 e. The Bertz CT molecular complexity index is 652. The van der Waals surface area contributed by atoms with Gasteiger partial charge in [0.25, 0.3) is 0 Å². The van der Waals surface area contributed by atoms with Gasteiger partial charge in [0.15, 0.2) is 11.7 Å². The minimum absolute atomic E-state index is 0.180. The number of hydrogen-bond donors (Lipinski definition) is 1. The summed E-state index contributed by atoms with van der Waals surface area (Å²) in [6.45, 7) is 3.45. The number of rotatable bonds is 5. The van der Waals surface area contributed by atoms with Crippen LogP contribution < -0.4 is 5.32 Å². The molecule has 0 saturated heterocycles. The number of ketones is 1. The lowest BCUT2D eigenvalue weighted by Gasteiger charge is -2.12. The van der Waals surface area contributed by atoms with Crippen LogP contribution in [0.3, 0.4) is 0 Å². The van der Waals surface area contributed by atoms with Crippen molar-refractivity contribution in [2.24, 2.45) is 11.8 Å². The van der Waals surface area contributed by atoms with Crippen molar-refractivity contribution in [3.63, 3.8) is 0 Å². The molecule has 1 saturated carbocycles. The number of amides is 1. The fraction of sp³-hybridized carbons (Fsp3) is 0.438. The van der Waals surface area contributed by atoms with E-state index >= 15 is 0 Å². The van der Waals surface area contributed by atoms with Gasteiger partial charge in [0.1, 0.15) is 11.6 Å². The topological polar surface area (TPSA) is 70.0 Å². The van der Waals surface area contributed by atoms with E-state index in [0.29, 0.717) is 6.42 Å². The van der Waals surface area contributed by atoms with Crippen LogP contribution in [0.25, 0.3) is 0 Å². The van der Waals surface area contributed by atoms with Crippen molar-refractivity contribution in [3.8, 4) is 6.07 Å². The summed E-state index contributed by atoms with van der Waals surface area (Å²) >= 11 is 0. The van der Waals surface area contributed by atoms with Gasteiger partial charge in [0.2, 0.25) is 5.91 Å². The van der Waals surface area contributed by atoms with Crippen LogP contribution in [0.4, 0.5) is 8.78 Å². The van der Waals surface area contributed by atoms with Crippen LogP contribution in [0, 0.1) is 34.8 Å². The molecule has 1 aliphatic carbocycles. The van der Waals surface area contributed by atoms with E-state index in [1.54, 1.807) is 19.9 Å². The summed E-state index contributed by atoms with van der Waals surface area (Å²) in [6.07, 6.45) is 0.370. The predicted octanol–water partition coefficient (Wildman–Crippen LogP) is 2.30. The normalized spacial score (nSPS) is 21.1. The Morgan fingerprint density at radius 2 is 2.05 bits per heavy atom. The quantitative estimate of drug-likeness (QED) is 0.849. The van der Waals surface area contributed by atoms with E-state index in [2.05, 4.69) is 5.32 Å². The van der Waals surface area contributed by atoms with Crippen LogP contribution >= 0.6 is 0 Å². The number of nitrogens with zero attached hydrogens (tertiary/aromatic N) is 1. The zero-order valence-electron chi connectivity index (χ0n) is 12.3. The Hall–Kier alpha value is -2.29. The highest BCUT2D eigenvalue weighted by atomic mass is 19.1. The van der Waals surface area contributed by atoms with Crippen molar-refractivity contribution in [3.05, 3.63) is 35.4 Å². The molecule has 2 rings (SSSR count). The zero-order valence-corrected chi connectivity index (χ0v) is 12.3. The molecule has 1 amide bonds. The first-order chi connectivity index (χ1) is 10.3. The van der Waals surface area contributed by atoms with Crippen molar-refractivity contribution in [2.75, 3.05) is 0 Å². The van der Waals surface area contributed by atoms with Gasteiger partial charge in [-0.05, 0) is 37.8 Å². The molecule has 0 aliphatic heterocycles. The fourth-order valence-electron chi connectivity index (χ4n) is 2.49. The lowest BCUT2D eigenvalue weighted by Crippen LogP contribution is -2.39. The van der Waals surface area contributed by atoms with Crippen LogP contribution in [0.1, 0.15) is 31.7 Å². The van der Waals surface area contributed by atoms with E-state index in [-0.39, 0.29) is 11.6 Å².